The van der Waals surface area contributed by atoms with Gasteiger partial charge in [-0.1, -0.05) is 59.1 Å². The Morgan fingerprint density at radius 2 is 1.84 bits per heavy atom. The summed E-state index contributed by atoms with van der Waals surface area (Å²) in [5.41, 5.74) is 5.02. The second-order valence-corrected chi connectivity index (χ2v) is 10.9. The molecule has 45 heavy (non-hydrogen) atoms. The number of rotatable bonds is 13. The van der Waals surface area contributed by atoms with E-state index in [4.69, 9.17) is 53.8 Å². The minimum absolute atomic E-state index is 0.163. The van der Waals surface area contributed by atoms with E-state index in [1.54, 1.807) is 50.2 Å². The lowest BCUT2D eigenvalue weighted by molar-refractivity contribution is -0.136. The highest BCUT2D eigenvalue weighted by atomic mass is 35.5. The van der Waals surface area contributed by atoms with Crippen molar-refractivity contribution in [3.05, 3.63) is 97.6 Å². The van der Waals surface area contributed by atoms with E-state index < -0.39 is 24.3 Å². The molecule has 0 radical (unpaired) electrons. The standard InChI is InChI=1S/C31H31Cl3N4O7/c1-4-43-25-12-18(28-27(30(40)42-3)17(2)36-31(41)37-28)9-10-24(25)44-16-26(39)38-35-14-20-11-21(32)13-23(34)29(20)45-15-19-7-5-6-8-22(19)33/h5-14,26,28,38-39H,4,15-16H2,1-3H3,(H2,36,37,41)/b35-14+/t26-,28-/m0/s1. The zero-order valence-electron chi connectivity index (χ0n) is 24.5. The van der Waals surface area contributed by atoms with Crippen molar-refractivity contribution in [3.8, 4) is 17.2 Å². The average molecular weight is 678 g/mol. The Kier molecular flexibility index (Phi) is 11.8. The first kappa shape index (κ1) is 33.7. The van der Waals surface area contributed by atoms with E-state index in [-0.39, 0.29) is 23.8 Å². The first-order valence-electron chi connectivity index (χ1n) is 13.7. The number of aliphatic hydroxyl groups is 1. The number of allylic oxidation sites excluding steroid dienone is 1. The van der Waals surface area contributed by atoms with E-state index in [1.165, 1.54) is 13.3 Å². The number of carbonyl (C=O) groups is 2. The average Bonchev–Trinajstić information content (AvgIpc) is 3.00. The number of esters is 1. The Bertz CT molecular complexity index is 1620. The van der Waals surface area contributed by atoms with Crippen LogP contribution in [0.1, 0.15) is 36.6 Å². The summed E-state index contributed by atoms with van der Waals surface area (Å²) in [5, 5.41) is 21.1. The van der Waals surface area contributed by atoms with E-state index >= 15 is 0 Å². The molecule has 0 bridgehead atoms. The molecule has 0 saturated heterocycles. The van der Waals surface area contributed by atoms with Crippen LogP contribution in [0.2, 0.25) is 15.1 Å². The first-order valence-corrected chi connectivity index (χ1v) is 14.8. The largest absolute Gasteiger partial charge is 0.490 e. The number of hydrogen-bond acceptors (Lipinski definition) is 9. The number of hydrogen-bond donors (Lipinski definition) is 4. The van der Waals surface area contributed by atoms with Crippen LogP contribution < -0.4 is 30.3 Å². The smallest absolute Gasteiger partial charge is 0.337 e. The van der Waals surface area contributed by atoms with Crippen molar-refractivity contribution >= 4 is 53.0 Å². The van der Waals surface area contributed by atoms with E-state index in [2.05, 4.69) is 21.2 Å². The Morgan fingerprint density at radius 1 is 1.07 bits per heavy atom. The van der Waals surface area contributed by atoms with Crippen molar-refractivity contribution in [2.45, 2.75) is 32.7 Å². The van der Waals surface area contributed by atoms with Gasteiger partial charge >= 0.3 is 12.0 Å². The van der Waals surface area contributed by atoms with Crippen LogP contribution in [0, 0.1) is 0 Å². The lowest BCUT2D eigenvalue weighted by Gasteiger charge is -2.28. The second-order valence-electron chi connectivity index (χ2n) is 9.60. The van der Waals surface area contributed by atoms with Gasteiger partial charge in [0.15, 0.2) is 17.7 Å². The molecule has 0 aromatic heterocycles. The molecule has 2 atom stereocenters. The first-order chi connectivity index (χ1) is 21.6. The molecule has 0 unspecified atom stereocenters. The monoisotopic (exact) mass is 676 g/mol. The highest BCUT2D eigenvalue weighted by molar-refractivity contribution is 6.36. The van der Waals surface area contributed by atoms with Crippen LogP contribution in [0.5, 0.6) is 17.2 Å². The van der Waals surface area contributed by atoms with Crippen molar-refractivity contribution < 1.29 is 33.6 Å². The number of benzene rings is 3. The second kappa shape index (κ2) is 15.7. The summed E-state index contributed by atoms with van der Waals surface area (Å²) >= 11 is 18.8. The van der Waals surface area contributed by atoms with Crippen LogP contribution in [0.15, 0.2) is 71.0 Å². The van der Waals surface area contributed by atoms with Gasteiger partial charge < -0.3 is 34.7 Å². The van der Waals surface area contributed by atoms with Gasteiger partial charge in [0, 0.05) is 26.9 Å². The topological polar surface area (TPSA) is 140 Å². The van der Waals surface area contributed by atoms with Crippen molar-refractivity contribution in [2.24, 2.45) is 5.10 Å². The lowest BCUT2D eigenvalue weighted by atomic mass is 9.95. The van der Waals surface area contributed by atoms with Crippen LogP contribution >= 0.6 is 34.8 Å². The number of urea groups is 1. The number of nitrogens with zero attached hydrogens (tertiary/aromatic N) is 1. The van der Waals surface area contributed by atoms with Crippen LogP contribution in [0.25, 0.3) is 0 Å². The number of methoxy groups -OCH3 is 1. The van der Waals surface area contributed by atoms with E-state index in [1.807, 2.05) is 18.2 Å². The number of aliphatic hydroxyl groups excluding tert-OH is 1. The Balaban J connectivity index is 1.43. The molecule has 0 saturated carbocycles. The van der Waals surface area contributed by atoms with E-state index in [0.717, 1.165) is 5.56 Å². The molecule has 1 aliphatic heterocycles. The number of carbonyl (C=O) groups excluding carboxylic acids is 2. The zero-order chi connectivity index (χ0) is 32.5. The molecule has 4 rings (SSSR count). The summed E-state index contributed by atoms with van der Waals surface area (Å²) in [7, 11) is 1.27. The molecule has 2 amide bonds. The quantitative estimate of drug-likeness (QED) is 0.0777. The maximum absolute atomic E-state index is 12.5. The summed E-state index contributed by atoms with van der Waals surface area (Å²) in [6.07, 6.45) is 0.184. The van der Waals surface area contributed by atoms with Gasteiger partial charge in [0.05, 0.1) is 36.6 Å². The van der Waals surface area contributed by atoms with Gasteiger partial charge in [0.25, 0.3) is 0 Å². The maximum atomic E-state index is 12.5. The number of nitrogens with one attached hydrogen (secondary N) is 3. The van der Waals surface area contributed by atoms with Gasteiger partial charge in [-0.3, -0.25) is 5.43 Å². The summed E-state index contributed by atoms with van der Waals surface area (Å²) in [5.74, 6) is 0.415. The molecule has 1 aliphatic rings. The molecule has 0 fully saturated rings. The van der Waals surface area contributed by atoms with Gasteiger partial charge in [0.1, 0.15) is 19.0 Å². The van der Waals surface area contributed by atoms with Gasteiger partial charge in [-0.15, -0.1) is 0 Å². The van der Waals surface area contributed by atoms with Crippen LogP contribution in [0.3, 0.4) is 0 Å². The third kappa shape index (κ3) is 8.73. The third-order valence-corrected chi connectivity index (χ3v) is 7.33. The number of amides is 2. The Hall–Kier alpha value is -4.16. The molecule has 0 aliphatic carbocycles. The van der Waals surface area contributed by atoms with Crippen LogP contribution in [-0.2, 0) is 16.1 Å². The Labute approximate surface area is 275 Å². The molecule has 4 N–H and O–H groups in total. The molecular formula is C31H31Cl3N4O7. The summed E-state index contributed by atoms with van der Waals surface area (Å²) in [6, 6.07) is 14.1. The van der Waals surface area contributed by atoms with Crippen LogP contribution in [0.4, 0.5) is 4.79 Å². The van der Waals surface area contributed by atoms with Crippen LogP contribution in [-0.4, -0.2) is 49.9 Å². The fourth-order valence-electron chi connectivity index (χ4n) is 4.41. The summed E-state index contributed by atoms with van der Waals surface area (Å²) < 4.78 is 22.4. The molecule has 3 aromatic rings. The molecular weight excluding hydrogens is 647 g/mol. The zero-order valence-corrected chi connectivity index (χ0v) is 26.8. The third-order valence-electron chi connectivity index (χ3n) is 6.47. The minimum Gasteiger partial charge on any atom is -0.490 e. The minimum atomic E-state index is -1.22. The number of halogens is 3. The summed E-state index contributed by atoms with van der Waals surface area (Å²) in [4.78, 5) is 24.6. The predicted molar refractivity (Wildman–Crippen MR) is 171 cm³/mol. The SMILES string of the molecule is CCOc1cc([C@@H]2NC(=O)NC(C)=C2C(=O)OC)ccc1OC[C@H](O)N/N=C/c1cc(Cl)cc(Cl)c1OCc1ccccc1Cl. The molecule has 11 nitrogen and oxygen atoms in total. The van der Waals surface area contributed by atoms with Gasteiger partial charge in [0.2, 0.25) is 0 Å². The van der Waals surface area contributed by atoms with Gasteiger partial charge in [-0.2, -0.15) is 5.10 Å². The highest BCUT2D eigenvalue weighted by Gasteiger charge is 2.32. The Morgan fingerprint density at radius 3 is 2.58 bits per heavy atom. The van der Waals surface area contributed by atoms with Crippen molar-refractivity contribution in [1.82, 2.24) is 16.1 Å². The molecule has 0 spiro atoms. The number of ether oxygens (including phenoxy) is 4. The molecule has 238 valence electrons. The normalized spacial score (nSPS) is 15.3. The fourth-order valence-corrected chi connectivity index (χ4v) is 5.16. The van der Waals surface area contributed by atoms with E-state index in [0.29, 0.717) is 50.7 Å². The van der Waals surface area contributed by atoms with Gasteiger partial charge in [-0.05, 0) is 49.7 Å². The maximum Gasteiger partial charge on any atom is 0.337 e. The highest BCUT2D eigenvalue weighted by Crippen LogP contribution is 2.35. The molecule has 1 heterocycles. The lowest BCUT2D eigenvalue weighted by Crippen LogP contribution is -2.45. The molecule has 3 aromatic carbocycles. The predicted octanol–water partition coefficient (Wildman–Crippen LogP) is 5.75. The van der Waals surface area contributed by atoms with E-state index in [9.17, 15) is 14.7 Å². The number of hydrazone groups is 1. The van der Waals surface area contributed by atoms with Crippen molar-refractivity contribution in [1.29, 1.82) is 0 Å². The van der Waals surface area contributed by atoms with Gasteiger partial charge in [-0.25, -0.2) is 9.59 Å². The van der Waals surface area contributed by atoms with Crippen molar-refractivity contribution in [3.63, 3.8) is 0 Å². The fraction of sp³-hybridized carbons (Fsp3) is 0.258. The molecule has 14 heteroatoms. The summed E-state index contributed by atoms with van der Waals surface area (Å²) in [6.45, 7) is 3.68. The van der Waals surface area contributed by atoms with Crippen molar-refractivity contribution in [2.75, 3.05) is 20.3 Å².